The third-order valence-corrected chi connectivity index (χ3v) is 6.15. The van der Waals surface area contributed by atoms with Crippen molar-refractivity contribution in [2.24, 2.45) is 0 Å². The number of aromatic nitrogens is 4. The fraction of sp³-hybridized carbons (Fsp3) is 0.476. The molecule has 0 saturated carbocycles. The van der Waals surface area contributed by atoms with Gasteiger partial charge in [0.25, 0.3) is 12.0 Å². The molecule has 3 heterocycles. The number of fused-ring (bicyclic) bond motifs is 2. The number of nitrogens with zero attached hydrogens (tertiary/aromatic N) is 5. The molecule has 0 spiro atoms. The van der Waals surface area contributed by atoms with Crippen molar-refractivity contribution in [1.82, 2.24) is 24.6 Å². The lowest BCUT2D eigenvalue weighted by atomic mass is 10.1. The molecule has 0 bridgehead atoms. The van der Waals surface area contributed by atoms with Gasteiger partial charge in [-0.25, -0.2) is 13.8 Å². The van der Waals surface area contributed by atoms with E-state index in [0.717, 1.165) is 55.8 Å². The molecule has 1 aromatic carbocycles. The van der Waals surface area contributed by atoms with Crippen LogP contribution in [0.1, 0.15) is 23.4 Å². The maximum Gasteiger partial charge on any atom is 0.261 e. The van der Waals surface area contributed by atoms with E-state index in [9.17, 15) is 13.6 Å². The first-order chi connectivity index (χ1) is 14.6. The highest BCUT2D eigenvalue weighted by Crippen LogP contribution is 2.25. The van der Waals surface area contributed by atoms with Gasteiger partial charge in [0.1, 0.15) is 0 Å². The standard InChI is InChI=1S/C21H24F2N6O/c22-20(23)12-29-13-24-18-10-14(4-5-16(18)21(29)30)28-8-6-27(7-9-28)11-19-15-2-1-3-17(15)25-26-19/h4-5,10,13,20H,1-3,6-9,11-12H2,(H,25,26). The molecule has 5 rings (SSSR count). The molecule has 0 atom stereocenters. The highest BCUT2D eigenvalue weighted by Gasteiger charge is 2.23. The van der Waals surface area contributed by atoms with Gasteiger partial charge in [-0.2, -0.15) is 5.10 Å². The summed E-state index contributed by atoms with van der Waals surface area (Å²) in [6.45, 7) is 3.86. The van der Waals surface area contributed by atoms with Crippen molar-refractivity contribution in [2.45, 2.75) is 38.8 Å². The van der Waals surface area contributed by atoms with Crippen LogP contribution in [0.15, 0.2) is 29.3 Å². The predicted molar refractivity (Wildman–Crippen MR) is 110 cm³/mol. The van der Waals surface area contributed by atoms with Crippen LogP contribution in [0, 0.1) is 0 Å². The molecule has 0 unspecified atom stereocenters. The van der Waals surface area contributed by atoms with Gasteiger partial charge in [-0.1, -0.05) is 0 Å². The molecule has 9 heteroatoms. The fourth-order valence-electron chi connectivity index (χ4n) is 4.52. The lowest BCUT2D eigenvalue weighted by Crippen LogP contribution is -2.46. The Labute approximate surface area is 172 Å². The summed E-state index contributed by atoms with van der Waals surface area (Å²) in [5.74, 6) is 0. The van der Waals surface area contributed by atoms with Gasteiger partial charge in [0.2, 0.25) is 0 Å². The number of alkyl halides is 2. The molecule has 2 aliphatic rings. The summed E-state index contributed by atoms with van der Waals surface area (Å²) in [7, 11) is 0. The van der Waals surface area contributed by atoms with Gasteiger partial charge in [0, 0.05) is 44.1 Å². The van der Waals surface area contributed by atoms with Crippen LogP contribution in [-0.2, 0) is 25.9 Å². The molecule has 1 N–H and O–H groups in total. The first kappa shape index (κ1) is 19.2. The number of halogens is 2. The van der Waals surface area contributed by atoms with Gasteiger partial charge in [0.15, 0.2) is 0 Å². The molecule has 1 fully saturated rings. The third-order valence-electron chi connectivity index (χ3n) is 6.15. The molecule has 0 radical (unpaired) electrons. The van der Waals surface area contributed by atoms with Crippen molar-refractivity contribution >= 4 is 16.6 Å². The summed E-state index contributed by atoms with van der Waals surface area (Å²) in [5.41, 5.74) is 5.02. The van der Waals surface area contributed by atoms with Crippen LogP contribution in [0.4, 0.5) is 14.5 Å². The zero-order valence-electron chi connectivity index (χ0n) is 16.7. The van der Waals surface area contributed by atoms with Crippen molar-refractivity contribution in [3.05, 3.63) is 51.8 Å². The van der Waals surface area contributed by atoms with Crippen molar-refractivity contribution in [3.63, 3.8) is 0 Å². The van der Waals surface area contributed by atoms with Crippen LogP contribution in [0.2, 0.25) is 0 Å². The molecule has 3 aromatic rings. The number of aryl methyl sites for hydroxylation is 1. The summed E-state index contributed by atoms with van der Waals surface area (Å²) in [6.07, 6.45) is 2.08. The second-order valence-corrected chi connectivity index (χ2v) is 8.04. The Morgan fingerprint density at radius 3 is 2.77 bits per heavy atom. The van der Waals surface area contributed by atoms with E-state index >= 15 is 0 Å². The number of hydrogen-bond acceptors (Lipinski definition) is 5. The number of hydrogen-bond donors (Lipinski definition) is 1. The summed E-state index contributed by atoms with van der Waals surface area (Å²) in [6, 6.07) is 5.45. The number of piperazine rings is 1. The molecular weight excluding hydrogens is 390 g/mol. The molecule has 7 nitrogen and oxygen atoms in total. The Morgan fingerprint density at radius 2 is 1.97 bits per heavy atom. The Balaban J connectivity index is 1.27. The van der Waals surface area contributed by atoms with Gasteiger partial charge in [-0.05, 0) is 43.0 Å². The van der Waals surface area contributed by atoms with Gasteiger partial charge in [-0.3, -0.25) is 19.4 Å². The molecule has 1 saturated heterocycles. The molecule has 30 heavy (non-hydrogen) atoms. The highest BCUT2D eigenvalue weighted by atomic mass is 19.3. The number of anilines is 1. The largest absolute Gasteiger partial charge is 0.369 e. The van der Waals surface area contributed by atoms with Crippen LogP contribution in [0.3, 0.4) is 0 Å². The highest BCUT2D eigenvalue weighted by molar-refractivity contribution is 5.81. The predicted octanol–water partition coefficient (Wildman–Crippen LogP) is 2.20. The average Bonchev–Trinajstić information content (AvgIpc) is 3.35. The Bertz CT molecular complexity index is 1120. The van der Waals surface area contributed by atoms with E-state index in [1.54, 1.807) is 6.07 Å². The van der Waals surface area contributed by atoms with E-state index in [2.05, 4.69) is 25.0 Å². The van der Waals surface area contributed by atoms with Gasteiger partial charge in [0.05, 0.1) is 29.5 Å². The summed E-state index contributed by atoms with van der Waals surface area (Å²) < 4.78 is 26.2. The molecule has 0 amide bonds. The molecule has 1 aliphatic carbocycles. The minimum atomic E-state index is -2.58. The minimum absolute atomic E-state index is 0.368. The Hall–Kier alpha value is -2.81. The van der Waals surface area contributed by atoms with Crippen molar-refractivity contribution in [2.75, 3.05) is 31.1 Å². The van der Waals surface area contributed by atoms with Crippen molar-refractivity contribution < 1.29 is 8.78 Å². The van der Waals surface area contributed by atoms with E-state index in [1.165, 1.54) is 29.7 Å². The van der Waals surface area contributed by atoms with Crippen LogP contribution in [0.25, 0.3) is 10.9 Å². The zero-order valence-corrected chi connectivity index (χ0v) is 16.7. The first-order valence-electron chi connectivity index (χ1n) is 10.4. The average molecular weight is 414 g/mol. The maximum absolute atomic E-state index is 12.6. The molecule has 1 aliphatic heterocycles. The third kappa shape index (κ3) is 3.58. The van der Waals surface area contributed by atoms with Crippen LogP contribution in [0.5, 0.6) is 0 Å². The smallest absolute Gasteiger partial charge is 0.261 e. The normalized spacial score (nSPS) is 17.2. The SMILES string of the molecule is O=c1c2ccc(N3CCN(Cc4n[nH]c5c4CCC5)CC3)cc2ncn1CC(F)F. The lowest BCUT2D eigenvalue weighted by molar-refractivity contribution is 0.125. The van der Waals surface area contributed by atoms with E-state index in [1.807, 2.05) is 12.1 Å². The van der Waals surface area contributed by atoms with Crippen LogP contribution < -0.4 is 10.5 Å². The van der Waals surface area contributed by atoms with Gasteiger partial charge < -0.3 is 4.90 Å². The monoisotopic (exact) mass is 414 g/mol. The van der Waals surface area contributed by atoms with Crippen LogP contribution in [-0.4, -0.2) is 57.3 Å². The first-order valence-corrected chi connectivity index (χ1v) is 10.4. The van der Waals surface area contributed by atoms with E-state index in [0.29, 0.717) is 10.9 Å². The number of H-pyrrole nitrogens is 1. The summed E-state index contributed by atoms with van der Waals surface area (Å²) in [4.78, 5) is 21.3. The summed E-state index contributed by atoms with van der Waals surface area (Å²) in [5, 5.41) is 8.06. The quantitative estimate of drug-likeness (QED) is 0.693. The van der Waals surface area contributed by atoms with Crippen molar-refractivity contribution in [3.8, 4) is 0 Å². The van der Waals surface area contributed by atoms with E-state index in [-0.39, 0.29) is 0 Å². The fourth-order valence-corrected chi connectivity index (χ4v) is 4.52. The maximum atomic E-state index is 12.6. The Morgan fingerprint density at radius 1 is 1.13 bits per heavy atom. The topological polar surface area (TPSA) is 70.1 Å². The molecule has 2 aromatic heterocycles. The van der Waals surface area contributed by atoms with Crippen molar-refractivity contribution in [1.29, 1.82) is 0 Å². The minimum Gasteiger partial charge on any atom is -0.369 e. The molecular formula is C21H24F2N6O. The number of benzene rings is 1. The lowest BCUT2D eigenvalue weighted by Gasteiger charge is -2.36. The number of nitrogens with one attached hydrogen (secondary N) is 1. The number of rotatable bonds is 5. The van der Waals surface area contributed by atoms with Gasteiger partial charge >= 0.3 is 0 Å². The molecule has 158 valence electrons. The van der Waals surface area contributed by atoms with Crippen LogP contribution >= 0.6 is 0 Å². The summed E-state index contributed by atoms with van der Waals surface area (Å²) >= 11 is 0. The second kappa shape index (κ2) is 7.79. The van der Waals surface area contributed by atoms with E-state index in [4.69, 9.17) is 0 Å². The number of aromatic amines is 1. The van der Waals surface area contributed by atoms with E-state index < -0.39 is 18.5 Å². The Kier molecular flexibility index (Phi) is 4.98. The second-order valence-electron chi connectivity index (χ2n) is 8.04. The zero-order chi connectivity index (χ0) is 20.7. The van der Waals surface area contributed by atoms with Gasteiger partial charge in [-0.15, -0.1) is 0 Å².